The minimum Gasteiger partial charge on any atom is -0.492 e. The quantitative estimate of drug-likeness (QED) is 0.793. The lowest BCUT2D eigenvalue weighted by molar-refractivity contribution is -0.137. The Morgan fingerprint density at radius 2 is 2.22 bits per heavy atom. The van der Waals surface area contributed by atoms with Gasteiger partial charge in [-0.05, 0) is 25.1 Å². The zero-order valence-corrected chi connectivity index (χ0v) is 13.5. The number of amides is 1. The highest BCUT2D eigenvalue weighted by Crippen LogP contribution is 2.35. The van der Waals surface area contributed by atoms with Crippen molar-refractivity contribution in [1.29, 1.82) is 0 Å². The Balaban J connectivity index is 2.10. The molecule has 0 fully saturated rings. The number of hydrogen-bond donors (Lipinski definition) is 1. The van der Waals surface area contributed by atoms with Crippen molar-refractivity contribution in [2.45, 2.75) is 17.4 Å². The summed E-state index contributed by atoms with van der Waals surface area (Å²) >= 11 is 2.43. The summed E-state index contributed by atoms with van der Waals surface area (Å²) in [4.78, 5) is 11.9. The molecule has 1 heterocycles. The second-order valence-corrected chi connectivity index (χ2v) is 6.24. The number of halogens is 3. The molecule has 2 aromatic rings. The van der Waals surface area contributed by atoms with Crippen LogP contribution in [0.2, 0.25) is 0 Å². The van der Waals surface area contributed by atoms with E-state index in [0.29, 0.717) is 4.34 Å². The molecule has 2 rings (SSSR count). The third-order valence-corrected chi connectivity index (χ3v) is 4.41. The second-order valence-electron chi connectivity index (χ2n) is 4.18. The van der Waals surface area contributed by atoms with Crippen LogP contribution in [0.5, 0.6) is 5.75 Å². The minimum atomic E-state index is -4.49. The number of hydrogen-bond acceptors (Lipinski definition) is 6. The first-order valence-corrected chi connectivity index (χ1v) is 8.29. The molecule has 124 valence electrons. The summed E-state index contributed by atoms with van der Waals surface area (Å²) in [5.41, 5.74) is 0.665. The molecular weight excluding hydrogens is 351 g/mol. The Labute approximate surface area is 138 Å². The number of rotatable bonds is 6. The fourth-order valence-corrected chi connectivity index (χ4v) is 2.91. The maximum atomic E-state index is 12.8. The number of alkyl halides is 3. The van der Waals surface area contributed by atoms with Crippen molar-refractivity contribution in [3.05, 3.63) is 29.3 Å². The van der Waals surface area contributed by atoms with Crippen LogP contribution in [0.4, 0.5) is 18.9 Å². The van der Waals surface area contributed by atoms with Crippen LogP contribution in [-0.4, -0.2) is 28.5 Å². The van der Waals surface area contributed by atoms with Crippen LogP contribution in [0, 0.1) is 0 Å². The predicted octanol–water partition coefficient (Wildman–Crippen LogP) is 3.69. The molecule has 0 spiro atoms. The average molecular weight is 363 g/mol. The summed E-state index contributed by atoms with van der Waals surface area (Å²) in [6, 6.07) is 2.97. The molecule has 0 radical (unpaired) electrons. The predicted molar refractivity (Wildman–Crippen MR) is 81.9 cm³/mol. The number of ether oxygens (including phenoxy) is 1. The van der Waals surface area contributed by atoms with Crippen LogP contribution in [0.1, 0.15) is 12.5 Å². The Kier molecular flexibility index (Phi) is 5.83. The first-order valence-electron chi connectivity index (χ1n) is 6.43. The normalized spacial score (nSPS) is 11.3. The van der Waals surface area contributed by atoms with Gasteiger partial charge in [-0.1, -0.05) is 23.1 Å². The van der Waals surface area contributed by atoms with Gasteiger partial charge in [-0.15, -0.1) is 10.2 Å². The van der Waals surface area contributed by atoms with E-state index in [1.807, 2.05) is 0 Å². The standard InChI is InChI=1S/C13H12F3N3O2S2/c1-2-21-10-4-3-8(13(14,15)16)5-9(10)18-11(20)6-22-12-19-17-7-23-12/h3-5,7H,2,6H2,1H3,(H,18,20). The van der Waals surface area contributed by atoms with Gasteiger partial charge in [0.15, 0.2) is 4.34 Å². The van der Waals surface area contributed by atoms with E-state index in [4.69, 9.17) is 4.74 Å². The van der Waals surface area contributed by atoms with Gasteiger partial charge in [0.1, 0.15) is 11.3 Å². The molecule has 1 N–H and O–H groups in total. The number of aromatic nitrogens is 2. The van der Waals surface area contributed by atoms with Crippen molar-refractivity contribution in [3.8, 4) is 5.75 Å². The van der Waals surface area contributed by atoms with Crippen LogP contribution in [0.3, 0.4) is 0 Å². The van der Waals surface area contributed by atoms with E-state index in [1.54, 1.807) is 6.92 Å². The van der Waals surface area contributed by atoms with Crippen LogP contribution in [0.15, 0.2) is 28.0 Å². The number of nitrogens with one attached hydrogen (secondary N) is 1. The van der Waals surface area contributed by atoms with Crippen LogP contribution < -0.4 is 10.1 Å². The summed E-state index contributed by atoms with van der Waals surface area (Å²) < 4.78 is 44.2. The monoisotopic (exact) mass is 363 g/mol. The Morgan fingerprint density at radius 1 is 1.43 bits per heavy atom. The van der Waals surface area contributed by atoms with Crippen LogP contribution in [-0.2, 0) is 11.0 Å². The van der Waals surface area contributed by atoms with Gasteiger partial charge in [0.05, 0.1) is 23.6 Å². The van der Waals surface area contributed by atoms with Crippen molar-refractivity contribution in [1.82, 2.24) is 10.2 Å². The molecule has 0 aliphatic rings. The molecular formula is C13H12F3N3O2S2. The highest BCUT2D eigenvalue weighted by molar-refractivity contribution is 8.01. The summed E-state index contributed by atoms with van der Waals surface area (Å²) in [6.45, 7) is 1.97. The zero-order chi connectivity index (χ0) is 16.9. The number of carbonyl (C=O) groups is 1. The third kappa shape index (κ3) is 5.10. The molecule has 1 aromatic carbocycles. The van der Waals surface area contributed by atoms with E-state index in [2.05, 4.69) is 15.5 Å². The van der Waals surface area contributed by atoms with Gasteiger partial charge < -0.3 is 10.1 Å². The molecule has 0 bridgehead atoms. The molecule has 0 aliphatic carbocycles. The molecule has 10 heteroatoms. The zero-order valence-electron chi connectivity index (χ0n) is 11.9. The Bertz CT molecular complexity index is 663. The SMILES string of the molecule is CCOc1ccc(C(F)(F)F)cc1NC(=O)CSc1nncs1. The molecule has 5 nitrogen and oxygen atoms in total. The van der Waals surface area contributed by atoms with Gasteiger partial charge in [-0.25, -0.2) is 0 Å². The molecule has 0 saturated carbocycles. The number of anilines is 1. The number of nitrogens with zero attached hydrogens (tertiary/aromatic N) is 2. The minimum absolute atomic E-state index is 0.00969. The van der Waals surface area contributed by atoms with Crippen molar-refractivity contribution in [2.24, 2.45) is 0 Å². The van der Waals surface area contributed by atoms with Gasteiger partial charge in [-0.2, -0.15) is 13.2 Å². The van der Waals surface area contributed by atoms with Crippen LogP contribution >= 0.6 is 23.1 Å². The fourth-order valence-electron chi connectivity index (χ4n) is 1.62. The summed E-state index contributed by atoms with van der Waals surface area (Å²) in [6.07, 6.45) is -4.49. The lowest BCUT2D eigenvalue weighted by Crippen LogP contribution is -2.16. The van der Waals surface area contributed by atoms with Crippen molar-refractivity contribution < 1.29 is 22.7 Å². The molecule has 0 atom stereocenters. The molecule has 0 aliphatic heterocycles. The molecule has 0 unspecified atom stereocenters. The Hall–Kier alpha value is -1.81. The van der Waals surface area contributed by atoms with Crippen LogP contribution in [0.25, 0.3) is 0 Å². The summed E-state index contributed by atoms with van der Waals surface area (Å²) in [7, 11) is 0. The third-order valence-electron chi connectivity index (χ3n) is 2.55. The molecule has 1 amide bonds. The number of carbonyl (C=O) groups excluding carboxylic acids is 1. The van der Waals surface area contributed by atoms with E-state index < -0.39 is 17.6 Å². The first-order chi connectivity index (χ1) is 10.9. The highest BCUT2D eigenvalue weighted by atomic mass is 32.2. The smallest absolute Gasteiger partial charge is 0.416 e. The largest absolute Gasteiger partial charge is 0.492 e. The summed E-state index contributed by atoms with van der Waals surface area (Å²) in [5, 5.41) is 9.84. The van der Waals surface area contributed by atoms with Gasteiger partial charge in [-0.3, -0.25) is 4.79 Å². The molecule has 1 aromatic heterocycles. The average Bonchev–Trinajstić information content (AvgIpc) is 2.99. The van der Waals surface area contributed by atoms with Crippen molar-refractivity contribution in [3.63, 3.8) is 0 Å². The van der Waals surface area contributed by atoms with Gasteiger partial charge in [0, 0.05) is 0 Å². The summed E-state index contributed by atoms with van der Waals surface area (Å²) in [5.74, 6) is -0.253. The Morgan fingerprint density at radius 3 is 2.83 bits per heavy atom. The second kappa shape index (κ2) is 7.64. The van der Waals surface area contributed by atoms with Gasteiger partial charge >= 0.3 is 6.18 Å². The fraction of sp³-hybridized carbons (Fsp3) is 0.308. The maximum absolute atomic E-state index is 12.8. The van der Waals surface area contributed by atoms with E-state index in [9.17, 15) is 18.0 Å². The molecule has 0 saturated heterocycles. The first kappa shape index (κ1) is 17.5. The maximum Gasteiger partial charge on any atom is 0.416 e. The van der Waals surface area contributed by atoms with E-state index in [-0.39, 0.29) is 23.8 Å². The lowest BCUT2D eigenvalue weighted by atomic mass is 10.1. The topological polar surface area (TPSA) is 64.1 Å². The van der Waals surface area contributed by atoms with Crippen molar-refractivity contribution >= 4 is 34.7 Å². The van der Waals surface area contributed by atoms with Gasteiger partial charge in [0.2, 0.25) is 5.91 Å². The lowest BCUT2D eigenvalue weighted by Gasteiger charge is -2.14. The van der Waals surface area contributed by atoms with Crippen molar-refractivity contribution in [2.75, 3.05) is 17.7 Å². The van der Waals surface area contributed by atoms with E-state index >= 15 is 0 Å². The number of benzene rings is 1. The van der Waals surface area contributed by atoms with E-state index in [1.165, 1.54) is 22.9 Å². The number of thioether (sulfide) groups is 1. The van der Waals surface area contributed by atoms with E-state index in [0.717, 1.165) is 23.9 Å². The highest BCUT2D eigenvalue weighted by Gasteiger charge is 2.31. The van der Waals surface area contributed by atoms with Gasteiger partial charge in [0.25, 0.3) is 0 Å². The molecule has 23 heavy (non-hydrogen) atoms.